The zero-order chi connectivity index (χ0) is 9.61. The van der Waals surface area contributed by atoms with E-state index >= 15 is 0 Å². The first-order valence-electron chi connectivity index (χ1n) is 4.17. The van der Waals surface area contributed by atoms with Gasteiger partial charge in [0.25, 0.3) is 0 Å². The van der Waals surface area contributed by atoms with Gasteiger partial charge in [0.05, 0.1) is 18.3 Å². The number of ether oxygens (including phenoxy) is 1. The van der Waals surface area contributed by atoms with Crippen molar-refractivity contribution in [3.05, 3.63) is 0 Å². The van der Waals surface area contributed by atoms with Gasteiger partial charge in [0.1, 0.15) is 0 Å². The maximum atomic E-state index is 9.32. The Morgan fingerprint density at radius 3 is 2.42 bits per heavy atom. The average Bonchev–Trinajstić information content (AvgIpc) is 1.95. The molecule has 0 spiro atoms. The standard InChI is InChI=1S/C10H18O2/c1-5-6-7-9(11)8-12-10(2,3)4/h9,11H,7-8H2,1-4H3. The fourth-order valence-corrected chi connectivity index (χ4v) is 0.625. The third kappa shape index (κ3) is 7.59. The smallest absolute Gasteiger partial charge is 0.0882 e. The Morgan fingerprint density at radius 2 is 2.00 bits per heavy atom. The van der Waals surface area contributed by atoms with Crippen LogP contribution in [-0.2, 0) is 4.74 Å². The molecular weight excluding hydrogens is 152 g/mol. The summed E-state index contributed by atoms with van der Waals surface area (Å²) in [4.78, 5) is 0. The fraction of sp³-hybridized carbons (Fsp3) is 0.800. The number of aliphatic hydroxyl groups excluding tert-OH is 1. The van der Waals surface area contributed by atoms with Gasteiger partial charge in [-0.25, -0.2) is 0 Å². The summed E-state index contributed by atoms with van der Waals surface area (Å²) in [7, 11) is 0. The Hall–Kier alpha value is -0.520. The lowest BCUT2D eigenvalue weighted by Crippen LogP contribution is -2.25. The normalized spacial score (nSPS) is 13.4. The summed E-state index contributed by atoms with van der Waals surface area (Å²) in [5.41, 5.74) is -0.180. The van der Waals surface area contributed by atoms with Crippen LogP contribution >= 0.6 is 0 Å². The third-order valence-electron chi connectivity index (χ3n) is 1.22. The molecule has 0 rings (SSSR count). The third-order valence-corrected chi connectivity index (χ3v) is 1.22. The van der Waals surface area contributed by atoms with Gasteiger partial charge in [0.15, 0.2) is 0 Å². The largest absolute Gasteiger partial charge is 0.390 e. The van der Waals surface area contributed by atoms with E-state index in [1.54, 1.807) is 6.92 Å². The molecule has 2 heteroatoms. The predicted octanol–water partition coefficient (Wildman–Crippen LogP) is 1.58. The van der Waals surface area contributed by atoms with Crippen molar-refractivity contribution >= 4 is 0 Å². The minimum atomic E-state index is -0.461. The first-order chi connectivity index (χ1) is 5.45. The highest BCUT2D eigenvalue weighted by Crippen LogP contribution is 2.07. The predicted molar refractivity (Wildman–Crippen MR) is 49.8 cm³/mol. The van der Waals surface area contributed by atoms with Gasteiger partial charge in [-0.15, -0.1) is 11.8 Å². The molecule has 0 aliphatic heterocycles. The molecule has 0 amide bonds. The van der Waals surface area contributed by atoms with Gasteiger partial charge in [-0.1, -0.05) is 0 Å². The van der Waals surface area contributed by atoms with Crippen molar-refractivity contribution < 1.29 is 9.84 Å². The summed E-state index contributed by atoms with van der Waals surface area (Å²) in [6.45, 7) is 8.01. The summed E-state index contributed by atoms with van der Waals surface area (Å²) < 4.78 is 5.37. The van der Waals surface area contributed by atoms with Gasteiger partial charge in [-0.05, 0) is 27.7 Å². The van der Waals surface area contributed by atoms with E-state index in [4.69, 9.17) is 4.74 Å². The highest BCUT2D eigenvalue weighted by atomic mass is 16.5. The zero-order valence-electron chi connectivity index (χ0n) is 8.35. The molecule has 2 nitrogen and oxygen atoms in total. The molecule has 0 aliphatic rings. The zero-order valence-corrected chi connectivity index (χ0v) is 8.35. The van der Waals surface area contributed by atoms with Crippen LogP contribution in [-0.4, -0.2) is 23.4 Å². The van der Waals surface area contributed by atoms with E-state index in [0.29, 0.717) is 13.0 Å². The van der Waals surface area contributed by atoms with Crippen molar-refractivity contribution in [1.29, 1.82) is 0 Å². The van der Waals surface area contributed by atoms with Crippen molar-refractivity contribution in [2.45, 2.75) is 45.8 Å². The van der Waals surface area contributed by atoms with Gasteiger partial charge in [0, 0.05) is 6.42 Å². The van der Waals surface area contributed by atoms with Crippen molar-refractivity contribution in [2.24, 2.45) is 0 Å². The molecule has 0 fully saturated rings. The maximum Gasteiger partial charge on any atom is 0.0882 e. The number of hydrogen-bond donors (Lipinski definition) is 1. The molecule has 1 unspecified atom stereocenters. The summed E-state index contributed by atoms with van der Waals surface area (Å²) in [6.07, 6.45) is 0.0312. The molecule has 0 aromatic rings. The molecule has 0 saturated heterocycles. The fourth-order valence-electron chi connectivity index (χ4n) is 0.625. The van der Waals surface area contributed by atoms with Crippen LogP contribution in [0.15, 0.2) is 0 Å². The Morgan fingerprint density at radius 1 is 1.42 bits per heavy atom. The van der Waals surface area contributed by atoms with Crippen LogP contribution in [0.4, 0.5) is 0 Å². The monoisotopic (exact) mass is 170 g/mol. The topological polar surface area (TPSA) is 29.5 Å². The molecule has 0 saturated carbocycles. The van der Waals surface area contributed by atoms with Gasteiger partial charge in [-0.2, -0.15) is 0 Å². The molecule has 0 aromatic heterocycles. The van der Waals surface area contributed by atoms with Crippen molar-refractivity contribution in [3.8, 4) is 11.8 Å². The van der Waals surface area contributed by atoms with E-state index in [2.05, 4.69) is 11.8 Å². The van der Waals surface area contributed by atoms with E-state index < -0.39 is 6.10 Å². The van der Waals surface area contributed by atoms with Crippen molar-refractivity contribution in [2.75, 3.05) is 6.61 Å². The molecule has 70 valence electrons. The van der Waals surface area contributed by atoms with Gasteiger partial charge in [0.2, 0.25) is 0 Å². The Balaban J connectivity index is 3.55. The van der Waals surface area contributed by atoms with Crippen LogP contribution in [0.25, 0.3) is 0 Å². The Kier molecular flexibility index (Phi) is 4.96. The number of aliphatic hydroxyl groups is 1. The van der Waals surface area contributed by atoms with Crippen LogP contribution in [0, 0.1) is 11.8 Å². The molecule has 1 atom stereocenters. The average molecular weight is 170 g/mol. The Bertz CT molecular complexity index is 169. The molecule has 1 N–H and O–H groups in total. The van der Waals surface area contributed by atoms with E-state index in [-0.39, 0.29) is 5.60 Å². The number of hydrogen-bond acceptors (Lipinski definition) is 2. The van der Waals surface area contributed by atoms with Crippen LogP contribution in [0.5, 0.6) is 0 Å². The molecule has 0 aliphatic carbocycles. The van der Waals surface area contributed by atoms with Gasteiger partial charge >= 0.3 is 0 Å². The summed E-state index contributed by atoms with van der Waals surface area (Å²) >= 11 is 0. The highest BCUT2D eigenvalue weighted by Gasteiger charge is 2.12. The molecular formula is C10H18O2. The summed E-state index contributed by atoms with van der Waals surface area (Å²) in [6, 6.07) is 0. The molecule has 0 radical (unpaired) electrons. The maximum absolute atomic E-state index is 9.32. The minimum absolute atomic E-state index is 0.180. The van der Waals surface area contributed by atoms with Crippen molar-refractivity contribution in [3.63, 3.8) is 0 Å². The van der Waals surface area contributed by atoms with Crippen LogP contribution in [0.2, 0.25) is 0 Å². The lowest BCUT2D eigenvalue weighted by atomic mass is 10.2. The lowest BCUT2D eigenvalue weighted by molar-refractivity contribution is -0.0470. The molecule has 12 heavy (non-hydrogen) atoms. The minimum Gasteiger partial charge on any atom is -0.390 e. The Labute approximate surface area is 74.9 Å². The molecule has 0 bridgehead atoms. The van der Waals surface area contributed by atoms with Gasteiger partial charge < -0.3 is 9.84 Å². The first-order valence-corrected chi connectivity index (χ1v) is 4.17. The van der Waals surface area contributed by atoms with E-state index in [1.165, 1.54) is 0 Å². The second-order valence-corrected chi connectivity index (χ2v) is 3.71. The SMILES string of the molecule is CC#CCC(O)COC(C)(C)C. The van der Waals surface area contributed by atoms with Crippen LogP contribution in [0.1, 0.15) is 34.1 Å². The lowest BCUT2D eigenvalue weighted by Gasteiger charge is -2.21. The summed E-state index contributed by atoms with van der Waals surface area (Å²) in [5, 5.41) is 9.32. The van der Waals surface area contributed by atoms with E-state index in [1.807, 2.05) is 20.8 Å². The highest BCUT2D eigenvalue weighted by molar-refractivity contribution is 4.96. The van der Waals surface area contributed by atoms with Gasteiger partial charge in [-0.3, -0.25) is 0 Å². The first kappa shape index (κ1) is 11.5. The van der Waals surface area contributed by atoms with E-state index in [9.17, 15) is 5.11 Å². The number of rotatable bonds is 3. The van der Waals surface area contributed by atoms with Crippen LogP contribution < -0.4 is 0 Å². The molecule has 0 aromatic carbocycles. The summed E-state index contributed by atoms with van der Waals surface area (Å²) in [5.74, 6) is 5.53. The second kappa shape index (κ2) is 5.18. The second-order valence-electron chi connectivity index (χ2n) is 3.71. The van der Waals surface area contributed by atoms with Crippen molar-refractivity contribution in [1.82, 2.24) is 0 Å². The van der Waals surface area contributed by atoms with Crippen LogP contribution in [0.3, 0.4) is 0 Å². The quantitative estimate of drug-likeness (QED) is 0.651. The van der Waals surface area contributed by atoms with E-state index in [0.717, 1.165) is 0 Å². The molecule has 0 heterocycles.